The van der Waals surface area contributed by atoms with Crippen molar-refractivity contribution in [2.75, 3.05) is 66.4 Å². The summed E-state index contributed by atoms with van der Waals surface area (Å²) in [5, 5.41) is 110. The molecular formula is C67H123N2O26P. The molecule has 3 saturated heterocycles. The first kappa shape index (κ1) is 87.3. The van der Waals surface area contributed by atoms with Gasteiger partial charge in [0.25, 0.3) is 0 Å². The second kappa shape index (κ2) is 52.1. The number of aliphatic hydroxyl groups excluding tert-OH is 10. The highest BCUT2D eigenvalue weighted by molar-refractivity contribution is 7.48. The number of amides is 2. The van der Waals surface area contributed by atoms with Gasteiger partial charge in [-0.2, -0.15) is 0 Å². The molecule has 0 aromatic rings. The van der Waals surface area contributed by atoms with Crippen molar-refractivity contribution in [3.63, 3.8) is 0 Å². The third kappa shape index (κ3) is 34.2. The Hall–Kier alpha value is -2.91. The summed E-state index contributed by atoms with van der Waals surface area (Å²) in [5.41, 5.74) is 0. The molecule has 96 heavy (non-hydrogen) atoms. The lowest BCUT2D eigenvalue weighted by Gasteiger charge is -2.48. The van der Waals surface area contributed by atoms with Crippen LogP contribution in [0, 0.1) is 5.92 Å². The minimum atomic E-state index is -4.25. The quantitative estimate of drug-likeness (QED) is 0.0160. The van der Waals surface area contributed by atoms with Gasteiger partial charge in [-0.25, -0.2) is 4.57 Å². The molecule has 3 rings (SSSR count). The number of hydrogen-bond donors (Lipinski definition) is 12. The molecule has 28 nitrogen and oxygen atoms in total. The predicted molar refractivity (Wildman–Crippen MR) is 351 cm³/mol. The van der Waals surface area contributed by atoms with Crippen LogP contribution in [0.25, 0.3) is 0 Å². The van der Waals surface area contributed by atoms with E-state index in [1.807, 2.05) is 0 Å². The van der Waals surface area contributed by atoms with Crippen LogP contribution in [-0.4, -0.2) is 239 Å². The molecule has 12 N–H and O–H groups in total. The molecule has 2 amide bonds. The molecule has 0 spiro atoms. The summed E-state index contributed by atoms with van der Waals surface area (Å²) in [6.45, 7) is 3.06. The first-order chi connectivity index (χ1) is 46.3. The highest BCUT2D eigenvalue weighted by Crippen LogP contribution is 2.48. The summed E-state index contributed by atoms with van der Waals surface area (Å²) in [5.74, 6) is -1.82. The largest absolute Gasteiger partial charge is 0.474 e. The average Bonchev–Trinajstić information content (AvgIpc) is 0.786. The summed E-state index contributed by atoms with van der Waals surface area (Å²) in [4.78, 5) is 52.1. The van der Waals surface area contributed by atoms with E-state index in [-0.39, 0.29) is 82.3 Å². The summed E-state index contributed by atoms with van der Waals surface area (Å²) in [6, 6.07) is 0. The van der Waals surface area contributed by atoms with Gasteiger partial charge in [-0.3, -0.25) is 32.7 Å². The first-order valence-electron chi connectivity index (χ1n) is 35.8. The number of ether oxygens (including phenoxy) is 8. The minimum Gasteiger partial charge on any atom is -0.461 e. The first-order valence-corrected chi connectivity index (χ1v) is 37.2. The third-order valence-electron chi connectivity index (χ3n) is 17.4. The second-order valence-corrected chi connectivity index (χ2v) is 27.2. The van der Waals surface area contributed by atoms with E-state index in [0.29, 0.717) is 32.1 Å². The van der Waals surface area contributed by atoms with Gasteiger partial charge in [-0.05, 0) is 64.2 Å². The van der Waals surface area contributed by atoms with E-state index in [0.717, 1.165) is 103 Å². The molecular weight excluding hydrogens is 1280 g/mol. The Labute approximate surface area is 569 Å². The second-order valence-electron chi connectivity index (χ2n) is 25.4. The van der Waals surface area contributed by atoms with E-state index in [2.05, 4.69) is 43.6 Å². The fourth-order valence-electron chi connectivity index (χ4n) is 11.5. The molecule has 0 bridgehead atoms. The zero-order valence-electron chi connectivity index (χ0n) is 57.7. The number of carbonyl (C=O) groups excluding carboxylic acids is 4. The monoisotopic (exact) mass is 1400 g/mol. The van der Waals surface area contributed by atoms with Crippen LogP contribution >= 0.6 is 7.82 Å². The van der Waals surface area contributed by atoms with E-state index in [4.69, 9.17) is 51.5 Å². The summed E-state index contributed by atoms with van der Waals surface area (Å²) < 4.78 is 74.9. The Morgan fingerprint density at radius 2 is 0.927 bits per heavy atom. The van der Waals surface area contributed by atoms with Gasteiger partial charge in [-0.15, -0.1) is 0 Å². The number of hydrogen-bond acceptors (Lipinski definition) is 26. The molecule has 0 aromatic carbocycles. The lowest BCUT2D eigenvalue weighted by molar-refractivity contribution is -0.379. The van der Waals surface area contributed by atoms with Crippen LogP contribution in [-0.2, 0) is 75.2 Å². The normalized spacial score (nSPS) is 27.5. The maximum absolute atomic E-state index is 13.6. The number of carbonyl (C=O) groups is 4. The zero-order valence-corrected chi connectivity index (χ0v) is 58.6. The van der Waals surface area contributed by atoms with Crippen LogP contribution in [0.15, 0.2) is 12.2 Å². The number of esters is 2. The summed E-state index contributed by atoms with van der Waals surface area (Å²) >= 11 is 0. The Morgan fingerprint density at radius 1 is 0.479 bits per heavy atom. The van der Waals surface area contributed by atoms with Gasteiger partial charge in [0.2, 0.25) is 11.8 Å². The maximum Gasteiger partial charge on any atom is 0.474 e. The van der Waals surface area contributed by atoms with Crippen molar-refractivity contribution in [2.24, 2.45) is 5.92 Å². The molecule has 0 aromatic heterocycles. The summed E-state index contributed by atoms with van der Waals surface area (Å²) in [7, 11) is -3.11. The number of nitrogens with one attached hydrogen (secondary N) is 2. The van der Waals surface area contributed by atoms with Gasteiger partial charge in [0.05, 0.1) is 45.6 Å². The topological polar surface area (TPSA) is 413 Å². The molecule has 0 saturated carbocycles. The van der Waals surface area contributed by atoms with Gasteiger partial charge < -0.3 is 99.6 Å². The van der Waals surface area contributed by atoms with Gasteiger partial charge in [0.15, 0.2) is 25.0 Å². The molecule has 0 radical (unpaired) electrons. The minimum absolute atomic E-state index is 0.0618. The van der Waals surface area contributed by atoms with Crippen molar-refractivity contribution in [1.29, 1.82) is 0 Å². The fourth-order valence-corrected chi connectivity index (χ4v) is 12.4. The SMILES string of the molecule is CCCCCCCC/C=C/CCCCCCCC(=O)O[C@H](COC(=O)C(CCCCCC)CCCCCCCC)COP(=O)(OC)OCCNC(=O)CCCCC(=O)NCCCO[C@@H]1OC(CO)[C@@H](O[C@@H]2OC(CO)[C@H](O[C@H]3OC(CO)[C@H](O)[C@H](O)C3O)[C@H](O)C2O)[C@H](O)C1O. The molecule has 3 aliphatic rings. The maximum atomic E-state index is 13.6. The molecule has 562 valence electrons. The number of aliphatic hydroxyl groups is 10. The Balaban J connectivity index is 1.38. The van der Waals surface area contributed by atoms with Crippen LogP contribution in [0.1, 0.15) is 220 Å². The van der Waals surface area contributed by atoms with Crippen molar-refractivity contribution < 1.29 is 126 Å². The van der Waals surface area contributed by atoms with Crippen LogP contribution in [0.2, 0.25) is 0 Å². The smallest absolute Gasteiger partial charge is 0.461 e. The van der Waals surface area contributed by atoms with Gasteiger partial charge >= 0.3 is 19.8 Å². The number of phosphoric ester groups is 1. The molecule has 3 heterocycles. The van der Waals surface area contributed by atoms with Gasteiger partial charge in [-0.1, -0.05) is 148 Å². The standard InChI is InChI=1S/C67H123N2O26P/c1-5-8-11-14-16-17-18-19-20-21-22-23-24-26-29-37-54(75)90-48(45-87-64(83)47(33-27-13-10-7-3)34-28-25-15-12-9-6-2)46-89-96(84,85-4)88-41-39-69-53(74)36-31-30-35-52(73)68-38-32-40-86-65-60(81)57(78)62(50(43-71)92-65)95-67-61(82)58(79)63(51(44-72)93-67)94-66-59(80)56(77)55(76)49(42-70)91-66/h19-20,47-51,55-63,65-67,70-72,76-82H,5-18,21-46H2,1-4H3,(H,68,73)(H,69,74)/b20-19+/t47?,48-,49?,50?,51?,55+,56+,57-,58-,59?,60?,61?,62-,63+,65-,66-,67+,96?/m1/s1. The Bertz CT molecular complexity index is 2120. The molecule has 29 heteroatoms. The van der Waals surface area contributed by atoms with Crippen LogP contribution in [0.5, 0.6) is 0 Å². The van der Waals surface area contributed by atoms with Gasteiger partial charge in [0.1, 0.15) is 79.9 Å². The Kier molecular flexibility index (Phi) is 47.4. The lowest BCUT2D eigenvalue weighted by atomic mass is 9.94. The van der Waals surface area contributed by atoms with E-state index in [9.17, 15) is 74.8 Å². The van der Waals surface area contributed by atoms with E-state index >= 15 is 0 Å². The zero-order chi connectivity index (χ0) is 70.5. The molecule has 18 atom stereocenters. The number of rotatable bonds is 56. The third-order valence-corrected chi connectivity index (χ3v) is 18.8. The van der Waals surface area contributed by atoms with E-state index in [1.54, 1.807) is 0 Å². The molecule has 8 unspecified atom stereocenters. The Morgan fingerprint density at radius 3 is 1.46 bits per heavy atom. The van der Waals surface area contributed by atoms with Crippen LogP contribution in [0.4, 0.5) is 0 Å². The van der Waals surface area contributed by atoms with Gasteiger partial charge in [0, 0.05) is 39.5 Å². The molecule has 0 aliphatic carbocycles. The van der Waals surface area contributed by atoms with Crippen LogP contribution < -0.4 is 10.6 Å². The van der Waals surface area contributed by atoms with Crippen molar-refractivity contribution in [3.8, 4) is 0 Å². The van der Waals surface area contributed by atoms with Crippen molar-refractivity contribution in [3.05, 3.63) is 12.2 Å². The number of allylic oxidation sites excluding steroid dienone is 2. The van der Waals surface area contributed by atoms with Crippen molar-refractivity contribution >= 4 is 31.6 Å². The van der Waals surface area contributed by atoms with E-state index < -0.39 is 138 Å². The average molecular weight is 1400 g/mol. The lowest BCUT2D eigenvalue weighted by Crippen LogP contribution is -2.66. The number of phosphoric acid groups is 1. The van der Waals surface area contributed by atoms with E-state index in [1.165, 1.54) is 44.9 Å². The number of unbranched alkanes of at least 4 members (excludes halogenated alkanes) is 20. The van der Waals surface area contributed by atoms with Crippen molar-refractivity contribution in [2.45, 2.75) is 318 Å². The van der Waals surface area contributed by atoms with Crippen molar-refractivity contribution in [1.82, 2.24) is 10.6 Å². The highest BCUT2D eigenvalue weighted by Gasteiger charge is 2.53. The predicted octanol–water partition coefficient (Wildman–Crippen LogP) is 5.25. The fraction of sp³-hybridized carbons (Fsp3) is 0.910. The molecule has 3 aliphatic heterocycles. The summed E-state index contributed by atoms with van der Waals surface area (Å²) in [6.07, 6.45) is 5.72. The van der Waals surface area contributed by atoms with Crippen LogP contribution in [0.3, 0.4) is 0 Å². The highest BCUT2D eigenvalue weighted by atomic mass is 31.2. The molecule has 3 fully saturated rings.